The Kier molecular flexibility index (Phi) is 3.97. The topological polar surface area (TPSA) is 47.6 Å². The van der Waals surface area contributed by atoms with Crippen molar-refractivity contribution in [1.29, 1.82) is 0 Å². The molecule has 0 unspecified atom stereocenters. The molecule has 1 saturated heterocycles. The van der Waals surface area contributed by atoms with Crippen LogP contribution in [0.5, 0.6) is 0 Å². The monoisotopic (exact) mass is 255 g/mol. The third kappa shape index (κ3) is 3.69. The van der Waals surface area contributed by atoms with E-state index in [-0.39, 0.29) is 17.2 Å². The third-order valence-electron chi connectivity index (χ3n) is 3.67. The van der Waals surface area contributed by atoms with Gasteiger partial charge in [0.1, 0.15) is 0 Å². The van der Waals surface area contributed by atoms with Crippen molar-refractivity contribution in [3.8, 4) is 0 Å². The molecule has 2 fully saturated rings. The van der Waals surface area contributed by atoms with E-state index in [0.717, 1.165) is 38.9 Å². The van der Waals surface area contributed by atoms with Gasteiger partial charge < -0.3 is 14.8 Å². The van der Waals surface area contributed by atoms with Crippen molar-refractivity contribution >= 4 is 5.91 Å². The molecule has 1 saturated carbocycles. The van der Waals surface area contributed by atoms with Crippen molar-refractivity contribution < 1.29 is 14.3 Å². The lowest BCUT2D eigenvalue weighted by atomic mass is 9.83. The zero-order valence-corrected chi connectivity index (χ0v) is 11.8. The molecule has 0 aromatic rings. The van der Waals surface area contributed by atoms with Crippen LogP contribution in [0.3, 0.4) is 0 Å². The molecule has 0 aromatic heterocycles. The molecule has 2 aliphatic rings. The van der Waals surface area contributed by atoms with E-state index < -0.39 is 0 Å². The van der Waals surface area contributed by atoms with Crippen LogP contribution in [-0.4, -0.2) is 30.4 Å². The second kappa shape index (κ2) is 5.17. The Labute approximate surface area is 109 Å². The van der Waals surface area contributed by atoms with Gasteiger partial charge in [0.2, 0.25) is 5.91 Å². The first-order valence-electron chi connectivity index (χ1n) is 6.98. The van der Waals surface area contributed by atoms with Gasteiger partial charge in [-0.3, -0.25) is 4.79 Å². The zero-order chi connectivity index (χ0) is 13.2. The normalized spacial score (nSPS) is 24.4. The summed E-state index contributed by atoms with van der Waals surface area (Å²) < 4.78 is 11.4. The Morgan fingerprint density at radius 2 is 1.78 bits per heavy atom. The van der Waals surface area contributed by atoms with Crippen LogP contribution in [0.25, 0.3) is 0 Å². The van der Waals surface area contributed by atoms with Crippen LogP contribution >= 0.6 is 0 Å². The molecule has 0 atom stereocenters. The maximum absolute atomic E-state index is 11.9. The summed E-state index contributed by atoms with van der Waals surface area (Å²) in [5.41, 5.74) is -0.134. The highest BCUT2D eigenvalue weighted by Gasteiger charge is 2.40. The lowest BCUT2D eigenvalue weighted by Crippen LogP contribution is -2.42. The molecule has 1 spiro atoms. The highest BCUT2D eigenvalue weighted by Crippen LogP contribution is 2.39. The maximum atomic E-state index is 11.9. The summed E-state index contributed by atoms with van der Waals surface area (Å²) >= 11 is 0. The average molecular weight is 255 g/mol. The van der Waals surface area contributed by atoms with E-state index in [9.17, 15) is 4.79 Å². The molecule has 18 heavy (non-hydrogen) atoms. The Morgan fingerprint density at radius 3 is 2.28 bits per heavy atom. The fourth-order valence-corrected chi connectivity index (χ4v) is 2.84. The molecular formula is C14H25NO3. The largest absolute Gasteiger partial charge is 0.352 e. The van der Waals surface area contributed by atoms with Crippen LogP contribution in [0.1, 0.15) is 52.9 Å². The molecule has 1 N–H and O–H groups in total. The van der Waals surface area contributed by atoms with Gasteiger partial charge in [-0.05, 0) is 39.5 Å². The molecule has 1 aliphatic heterocycles. The van der Waals surface area contributed by atoms with Gasteiger partial charge in [0.05, 0.1) is 13.2 Å². The fraction of sp³-hybridized carbons (Fsp3) is 0.929. The van der Waals surface area contributed by atoms with E-state index in [1.54, 1.807) is 0 Å². The lowest BCUT2D eigenvalue weighted by Gasteiger charge is -2.35. The van der Waals surface area contributed by atoms with Gasteiger partial charge in [0, 0.05) is 24.8 Å². The minimum absolute atomic E-state index is 0.134. The van der Waals surface area contributed by atoms with Crippen LogP contribution in [0.4, 0.5) is 0 Å². The molecule has 1 heterocycles. The Bertz CT molecular complexity index is 293. The number of hydrogen-bond acceptors (Lipinski definition) is 3. The van der Waals surface area contributed by atoms with E-state index in [1.165, 1.54) is 0 Å². The SMILES string of the molecule is CC(C)(C)NC(=O)CC1CCC2(CC1)OCCO2. The molecule has 1 aliphatic carbocycles. The van der Waals surface area contributed by atoms with Crippen molar-refractivity contribution in [2.75, 3.05) is 13.2 Å². The van der Waals surface area contributed by atoms with Crippen molar-refractivity contribution in [2.45, 2.75) is 64.2 Å². The standard InChI is InChI=1S/C14H25NO3/c1-13(2,3)15-12(16)10-11-4-6-14(7-5-11)17-8-9-18-14/h11H,4-10H2,1-3H3,(H,15,16). The first-order chi connectivity index (χ1) is 8.39. The molecule has 4 nitrogen and oxygen atoms in total. The van der Waals surface area contributed by atoms with Gasteiger partial charge in [0.25, 0.3) is 0 Å². The lowest BCUT2D eigenvalue weighted by molar-refractivity contribution is -0.183. The van der Waals surface area contributed by atoms with Gasteiger partial charge in [-0.25, -0.2) is 0 Å². The molecular weight excluding hydrogens is 230 g/mol. The molecule has 0 radical (unpaired) electrons. The van der Waals surface area contributed by atoms with Crippen LogP contribution in [-0.2, 0) is 14.3 Å². The minimum atomic E-state index is -0.309. The summed E-state index contributed by atoms with van der Waals surface area (Å²) in [7, 11) is 0. The molecule has 4 heteroatoms. The van der Waals surface area contributed by atoms with E-state index in [2.05, 4.69) is 5.32 Å². The van der Waals surface area contributed by atoms with Crippen molar-refractivity contribution in [1.82, 2.24) is 5.32 Å². The van der Waals surface area contributed by atoms with Crippen molar-refractivity contribution in [3.05, 3.63) is 0 Å². The average Bonchev–Trinajstić information content (AvgIpc) is 2.68. The Morgan fingerprint density at radius 1 is 1.22 bits per heavy atom. The van der Waals surface area contributed by atoms with Crippen LogP contribution in [0.15, 0.2) is 0 Å². The predicted molar refractivity (Wildman–Crippen MR) is 69.1 cm³/mol. The number of amides is 1. The van der Waals surface area contributed by atoms with E-state index in [1.807, 2.05) is 20.8 Å². The summed E-state index contributed by atoms with van der Waals surface area (Å²) in [5.74, 6) is 0.333. The second-order valence-corrected chi connectivity index (χ2v) is 6.55. The van der Waals surface area contributed by atoms with Crippen LogP contribution < -0.4 is 5.32 Å². The summed E-state index contributed by atoms with van der Waals surface area (Å²) in [6.45, 7) is 7.48. The molecule has 0 bridgehead atoms. The van der Waals surface area contributed by atoms with E-state index in [0.29, 0.717) is 12.3 Å². The number of carbonyl (C=O) groups excluding carboxylic acids is 1. The molecule has 0 aromatic carbocycles. The summed E-state index contributed by atoms with van der Waals surface area (Å²) in [6, 6.07) is 0. The second-order valence-electron chi connectivity index (χ2n) is 6.55. The Balaban J connectivity index is 1.75. The highest BCUT2D eigenvalue weighted by atomic mass is 16.7. The molecule has 1 amide bonds. The quantitative estimate of drug-likeness (QED) is 0.823. The first kappa shape index (κ1) is 13.8. The van der Waals surface area contributed by atoms with Crippen LogP contribution in [0, 0.1) is 5.92 Å². The number of nitrogens with one attached hydrogen (secondary N) is 1. The summed E-state index contributed by atoms with van der Waals surface area (Å²) in [6.07, 6.45) is 4.55. The van der Waals surface area contributed by atoms with Gasteiger partial charge >= 0.3 is 0 Å². The number of rotatable bonds is 2. The van der Waals surface area contributed by atoms with Crippen LogP contribution in [0.2, 0.25) is 0 Å². The summed E-state index contributed by atoms with van der Waals surface area (Å²) in [4.78, 5) is 11.9. The van der Waals surface area contributed by atoms with Gasteiger partial charge in [-0.1, -0.05) is 0 Å². The smallest absolute Gasteiger partial charge is 0.220 e. The molecule has 2 rings (SSSR count). The highest BCUT2D eigenvalue weighted by molar-refractivity contribution is 5.76. The Hall–Kier alpha value is -0.610. The van der Waals surface area contributed by atoms with Gasteiger partial charge in [-0.2, -0.15) is 0 Å². The van der Waals surface area contributed by atoms with Gasteiger partial charge in [0.15, 0.2) is 5.79 Å². The van der Waals surface area contributed by atoms with E-state index in [4.69, 9.17) is 9.47 Å². The minimum Gasteiger partial charge on any atom is -0.352 e. The number of ether oxygens (including phenoxy) is 2. The zero-order valence-electron chi connectivity index (χ0n) is 11.8. The maximum Gasteiger partial charge on any atom is 0.220 e. The number of hydrogen-bond donors (Lipinski definition) is 1. The fourth-order valence-electron chi connectivity index (χ4n) is 2.84. The van der Waals surface area contributed by atoms with E-state index >= 15 is 0 Å². The first-order valence-corrected chi connectivity index (χ1v) is 6.98. The van der Waals surface area contributed by atoms with Gasteiger partial charge in [-0.15, -0.1) is 0 Å². The number of carbonyl (C=O) groups is 1. The van der Waals surface area contributed by atoms with Crippen molar-refractivity contribution in [2.24, 2.45) is 5.92 Å². The summed E-state index contributed by atoms with van der Waals surface area (Å²) in [5, 5.41) is 3.03. The predicted octanol–water partition coefficient (Wildman–Crippen LogP) is 2.22. The third-order valence-corrected chi connectivity index (χ3v) is 3.67. The molecule has 104 valence electrons. The van der Waals surface area contributed by atoms with Crippen molar-refractivity contribution in [3.63, 3.8) is 0 Å².